The van der Waals surface area contributed by atoms with E-state index >= 15 is 0 Å². The third kappa shape index (κ3) is 27.0. The molecule has 2 aromatic carbocycles. The smallest absolute Gasteiger partial charge is 0.171 e. The molecule has 0 saturated heterocycles. The molecule has 0 unspecified atom stereocenters. The molecule has 6 heteroatoms. The summed E-state index contributed by atoms with van der Waals surface area (Å²) in [6.07, 6.45) is 10.9. The van der Waals surface area contributed by atoms with Crippen LogP contribution >= 0.6 is 0 Å². The molecule has 0 atom stereocenters. The van der Waals surface area contributed by atoms with Crippen LogP contribution in [0.3, 0.4) is 0 Å². The Morgan fingerprint density at radius 2 is 1.23 bits per heavy atom. The molecule has 0 aromatic heterocycles. The number of aliphatic hydroxyl groups is 2. The fourth-order valence-electron chi connectivity index (χ4n) is 2.17. The molecule has 0 fully saturated rings. The molecule has 0 aliphatic heterocycles. The molecule has 2 aromatic rings. The van der Waals surface area contributed by atoms with E-state index in [2.05, 4.69) is 63.4 Å². The van der Waals surface area contributed by atoms with E-state index < -0.39 is 0 Å². The summed E-state index contributed by atoms with van der Waals surface area (Å²) < 4.78 is 15.9. The van der Waals surface area contributed by atoms with Crippen molar-refractivity contribution in [2.24, 2.45) is 0 Å². The number of hydrogen-bond donors (Lipinski definition) is 2. The molecule has 30 heavy (non-hydrogen) atoms. The minimum Gasteiger partial charge on any atom is -0.184 e. The van der Waals surface area contributed by atoms with Gasteiger partial charge in [0.2, 0.25) is 0 Å². The van der Waals surface area contributed by atoms with Gasteiger partial charge in [0, 0.05) is 13.2 Å². The molecule has 4 nitrogen and oxygen atoms in total. The van der Waals surface area contributed by atoms with Crippen LogP contribution in [-0.2, 0) is 52.3 Å². The van der Waals surface area contributed by atoms with Crippen LogP contribution in [0.25, 0.3) is 0 Å². The second-order valence-corrected chi connectivity index (χ2v) is 6.00. The Balaban J connectivity index is -0.000000343. The van der Waals surface area contributed by atoms with Gasteiger partial charge in [0.05, 0.1) is 0 Å². The molecule has 0 saturated carbocycles. The Morgan fingerprint density at radius 3 is 1.57 bits per heavy atom. The van der Waals surface area contributed by atoms with Crippen molar-refractivity contribution in [2.45, 2.75) is 71.5 Å². The molecular formula is C24H34Co2O4-4. The summed E-state index contributed by atoms with van der Waals surface area (Å²) >= 11 is 4.62. The quantitative estimate of drug-likeness (QED) is 0.351. The number of benzene rings is 2. The maximum Gasteiger partial charge on any atom is -0.171 e. The standard InChI is InChI=1S/C10H21.C8H8O2.C6H5.2Co.2O/c1-3-5-7-9-10-8-6-4-2;9-5-7-2-1-3-8(4-7)6-10;1-2-4-6-5-3-1;;;;/h1,3-10H2,2H3;2-3,9-10H,5-6H2;1-5H;;;;/q-1;-2;-1;;;;. The average molecular weight is 504 g/mol. The van der Waals surface area contributed by atoms with E-state index in [9.17, 15) is 0 Å². The molecular weight excluding hydrogens is 470 g/mol. The minimum absolute atomic E-state index is 0.0513. The van der Waals surface area contributed by atoms with E-state index in [1.165, 1.54) is 44.9 Å². The van der Waals surface area contributed by atoms with Gasteiger partial charge in [-0.05, 0) is 0 Å². The van der Waals surface area contributed by atoms with E-state index in [0.29, 0.717) is 11.1 Å². The summed E-state index contributed by atoms with van der Waals surface area (Å²) in [7, 11) is 0. The minimum atomic E-state index is -0.0513. The zero-order valence-corrected chi connectivity index (χ0v) is 19.8. The molecule has 0 amide bonds. The van der Waals surface area contributed by atoms with E-state index in [1.54, 1.807) is 12.1 Å². The van der Waals surface area contributed by atoms with Crippen LogP contribution in [0.5, 0.6) is 0 Å². The first-order chi connectivity index (χ1) is 14.8. The Bertz CT molecular complexity index is 486. The normalized spacial score (nSPS) is 8.60. The van der Waals surface area contributed by atoms with Gasteiger partial charge in [0.15, 0.2) is 0 Å². The Kier molecular flexibility index (Phi) is 36.6. The monoisotopic (exact) mass is 504 g/mol. The van der Waals surface area contributed by atoms with Gasteiger partial charge >= 0.3 is 39.1 Å². The zero-order chi connectivity index (χ0) is 23.3. The first-order valence-corrected chi connectivity index (χ1v) is 10.7. The third-order valence-electron chi connectivity index (χ3n) is 3.64. The third-order valence-corrected chi connectivity index (χ3v) is 3.64. The largest absolute Gasteiger partial charge is 0.184 e. The summed E-state index contributed by atoms with van der Waals surface area (Å²) in [5.74, 6) is 0. The first kappa shape index (κ1) is 33.6. The van der Waals surface area contributed by atoms with E-state index in [1.807, 2.05) is 30.3 Å². The second kappa shape index (κ2) is 32.6. The van der Waals surface area contributed by atoms with Crippen molar-refractivity contribution in [3.63, 3.8) is 0 Å². The van der Waals surface area contributed by atoms with Crippen LogP contribution in [0.4, 0.5) is 0 Å². The molecule has 0 spiro atoms. The van der Waals surface area contributed by atoms with Crippen molar-refractivity contribution in [3.05, 3.63) is 78.7 Å². The summed E-state index contributed by atoms with van der Waals surface area (Å²) in [5.41, 5.74) is 1.32. The van der Waals surface area contributed by atoms with Crippen molar-refractivity contribution in [1.82, 2.24) is 0 Å². The molecule has 0 heterocycles. The molecule has 0 aliphatic carbocycles. The van der Waals surface area contributed by atoms with Gasteiger partial charge in [-0.1, -0.05) is 51.9 Å². The van der Waals surface area contributed by atoms with Crippen molar-refractivity contribution in [3.8, 4) is 0 Å². The number of unbranched alkanes of at least 4 members (excludes halogenated alkanes) is 7. The maximum atomic E-state index is 8.62. The number of aliphatic hydroxyl groups excluding tert-OH is 2. The van der Waals surface area contributed by atoms with Crippen LogP contribution in [0.2, 0.25) is 0 Å². The van der Waals surface area contributed by atoms with Gasteiger partial charge in [-0.3, -0.25) is 12.1 Å². The zero-order valence-electron chi connectivity index (χ0n) is 17.7. The van der Waals surface area contributed by atoms with Crippen LogP contribution in [0, 0.1) is 25.1 Å². The van der Waals surface area contributed by atoms with Gasteiger partial charge in [-0.25, -0.2) is 11.1 Å². The molecule has 2 rings (SSSR count). The molecule has 2 N–H and O–H groups in total. The molecule has 0 aliphatic rings. The fraction of sp³-hybridized carbons (Fsp3) is 0.458. The SMILES string of the molecule is OCc1[c-]c(CO)c[c-]c1.[CH2-]CCCCCCCCC.[O]=[Co].[O]=[Co].[c-]1ccccc1. The topological polar surface area (TPSA) is 74.6 Å². The summed E-state index contributed by atoms with van der Waals surface area (Å²) in [6.45, 7) is 5.98. The molecule has 0 radical (unpaired) electrons. The van der Waals surface area contributed by atoms with Crippen molar-refractivity contribution < 1.29 is 49.3 Å². The Morgan fingerprint density at radius 1 is 0.767 bits per heavy atom. The number of rotatable bonds is 9. The van der Waals surface area contributed by atoms with Gasteiger partial charge in [-0.2, -0.15) is 42.8 Å². The Labute approximate surface area is 199 Å². The summed E-state index contributed by atoms with van der Waals surface area (Å²) in [4.78, 5) is 0. The predicted molar refractivity (Wildman–Crippen MR) is 111 cm³/mol. The predicted octanol–water partition coefficient (Wildman–Crippen LogP) is 5.48. The van der Waals surface area contributed by atoms with Crippen LogP contribution < -0.4 is 0 Å². The van der Waals surface area contributed by atoms with Crippen molar-refractivity contribution in [1.29, 1.82) is 0 Å². The Hall–Kier alpha value is -1.03. The fourth-order valence-corrected chi connectivity index (χ4v) is 2.17. The maximum absolute atomic E-state index is 8.62. The van der Waals surface area contributed by atoms with Gasteiger partial charge < -0.3 is 29.3 Å². The van der Waals surface area contributed by atoms with Gasteiger partial charge in [-0.15, -0.1) is 0 Å². The van der Waals surface area contributed by atoms with Crippen molar-refractivity contribution in [2.75, 3.05) is 0 Å². The van der Waals surface area contributed by atoms with E-state index in [4.69, 9.17) is 17.9 Å². The summed E-state index contributed by atoms with van der Waals surface area (Å²) in [5, 5.41) is 17.2. The van der Waals surface area contributed by atoms with Gasteiger partial charge in [0.25, 0.3) is 0 Å². The van der Waals surface area contributed by atoms with Crippen LogP contribution in [0.15, 0.2) is 42.5 Å². The number of hydrogen-bond acceptors (Lipinski definition) is 4. The molecule has 0 bridgehead atoms. The molecule has 176 valence electrons. The van der Waals surface area contributed by atoms with E-state index in [-0.39, 0.29) is 13.2 Å². The van der Waals surface area contributed by atoms with Gasteiger partial charge in [0.1, 0.15) is 0 Å². The van der Waals surface area contributed by atoms with Crippen LogP contribution in [0.1, 0.15) is 69.4 Å². The van der Waals surface area contributed by atoms with E-state index in [0.717, 1.165) is 6.42 Å². The summed E-state index contributed by atoms with van der Waals surface area (Å²) in [6, 6.07) is 21.4. The first-order valence-electron chi connectivity index (χ1n) is 9.88. The second-order valence-electron chi connectivity index (χ2n) is 6.00. The average Bonchev–Trinajstić information content (AvgIpc) is 2.86. The van der Waals surface area contributed by atoms with Crippen molar-refractivity contribution >= 4 is 0 Å². The van der Waals surface area contributed by atoms with Crippen LogP contribution in [-0.4, -0.2) is 10.2 Å².